The van der Waals surface area contributed by atoms with Crippen molar-refractivity contribution >= 4 is 29.9 Å². The third-order valence-electron chi connectivity index (χ3n) is 3.87. The van der Waals surface area contributed by atoms with Gasteiger partial charge in [0, 0.05) is 25.6 Å². The molecule has 2 aromatic rings. The molecule has 2 atom stereocenters. The Balaban J connectivity index is 0.00000176. The van der Waals surface area contributed by atoms with E-state index in [1.54, 1.807) is 0 Å². The van der Waals surface area contributed by atoms with Gasteiger partial charge in [-0.3, -0.25) is 4.99 Å². The molecule has 0 bridgehead atoms. The highest BCUT2D eigenvalue weighted by atomic mass is 127. The van der Waals surface area contributed by atoms with E-state index in [0.29, 0.717) is 12.0 Å². The topological polar surface area (TPSA) is 36.4 Å². The van der Waals surface area contributed by atoms with Gasteiger partial charge in [0.05, 0.1) is 0 Å². The molecule has 0 saturated heterocycles. The van der Waals surface area contributed by atoms with Crippen LogP contribution in [0.4, 0.5) is 0 Å². The van der Waals surface area contributed by atoms with Crippen molar-refractivity contribution in [3.63, 3.8) is 0 Å². The van der Waals surface area contributed by atoms with Crippen LogP contribution in [-0.4, -0.2) is 19.0 Å². The van der Waals surface area contributed by atoms with Gasteiger partial charge < -0.3 is 10.6 Å². The van der Waals surface area contributed by atoms with Crippen molar-refractivity contribution in [2.24, 2.45) is 4.99 Å². The van der Waals surface area contributed by atoms with Gasteiger partial charge in [-0.1, -0.05) is 60.7 Å². The maximum Gasteiger partial charge on any atom is 0.191 e. The number of rotatable bonds is 4. The molecule has 3 rings (SSSR count). The molecule has 0 radical (unpaired) electrons. The lowest BCUT2D eigenvalue weighted by atomic mass is 10.1. The molecule has 0 heterocycles. The summed E-state index contributed by atoms with van der Waals surface area (Å²) in [4.78, 5) is 4.31. The predicted molar refractivity (Wildman–Crippen MR) is 103 cm³/mol. The van der Waals surface area contributed by atoms with E-state index in [1.165, 1.54) is 17.5 Å². The fourth-order valence-electron chi connectivity index (χ4n) is 2.58. The van der Waals surface area contributed by atoms with Crippen LogP contribution in [0.1, 0.15) is 23.5 Å². The highest BCUT2D eigenvalue weighted by Crippen LogP contribution is 2.40. The SMILES string of the molecule is CN=C(NCc1ccccc1)NC1CC1c1ccccc1.I. The zero-order chi connectivity index (χ0) is 14.5. The second-order valence-corrected chi connectivity index (χ2v) is 5.42. The fourth-order valence-corrected chi connectivity index (χ4v) is 2.58. The predicted octanol–water partition coefficient (Wildman–Crippen LogP) is 3.53. The van der Waals surface area contributed by atoms with Gasteiger partial charge in [0.25, 0.3) is 0 Å². The van der Waals surface area contributed by atoms with Crippen LogP contribution in [0.5, 0.6) is 0 Å². The van der Waals surface area contributed by atoms with Crippen molar-refractivity contribution in [3.8, 4) is 0 Å². The summed E-state index contributed by atoms with van der Waals surface area (Å²) in [6.45, 7) is 0.795. The van der Waals surface area contributed by atoms with Crippen molar-refractivity contribution < 1.29 is 0 Å². The lowest BCUT2D eigenvalue weighted by Crippen LogP contribution is -2.38. The lowest BCUT2D eigenvalue weighted by Gasteiger charge is -2.12. The van der Waals surface area contributed by atoms with Gasteiger partial charge in [0.2, 0.25) is 0 Å². The van der Waals surface area contributed by atoms with Crippen LogP contribution in [0.3, 0.4) is 0 Å². The molecular formula is C18H22IN3. The number of hydrogen-bond acceptors (Lipinski definition) is 1. The number of hydrogen-bond donors (Lipinski definition) is 2. The van der Waals surface area contributed by atoms with Crippen LogP contribution in [0.2, 0.25) is 0 Å². The van der Waals surface area contributed by atoms with Crippen LogP contribution < -0.4 is 10.6 Å². The summed E-state index contributed by atoms with van der Waals surface area (Å²) >= 11 is 0. The Morgan fingerprint density at radius 3 is 2.32 bits per heavy atom. The van der Waals surface area contributed by atoms with Crippen molar-refractivity contribution in [1.82, 2.24) is 10.6 Å². The summed E-state index contributed by atoms with van der Waals surface area (Å²) in [6, 6.07) is 21.5. The van der Waals surface area contributed by atoms with Gasteiger partial charge in [0.1, 0.15) is 0 Å². The standard InChI is InChI=1S/C18H21N3.HI/c1-19-18(20-13-14-8-4-2-5-9-14)21-17-12-16(17)15-10-6-3-7-11-15;/h2-11,16-17H,12-13H2,1H3,(H2,19,20,21);1H. The van der Waals surface area contributed by atoms with Crippen LogP contribution in [-0.2, 0) is 6.54 Å². The van der Waals surface area contributed by atoms with E-state index in [9.17, 15) is 0 Å². The first-order chi connectivity index (χ1) is 10.4. The summed E-state index contributed by atoms with van der Waals surface area (Å²) in [7, 11) is 1.82. The minimum absolute atomic E-state index is 0. The molecule has 3 nitrogen and oxygen atoms in total. The molecular weight excluding hydrogens is 385 g/mol. The molecule has 22 heavy (non-hydrogen) atoms. The highest BCUT2D eigenvalue weighted by Gasteiger charge is 2.38. The van der Waals surface area contributed by atoms with E-state index in [1.807, 2.05) is 13.1 Å². The number of guanidine groups is 1. The molecule has 0 amide bonds. The van der Waals surface area contributed by atoms with Crippen LogP contribution in [0.25, 0.3) is 0 Å². The third kappa shape index (κ3) is 4.47. The Hall–Kier alpha value is -1.56. The Bertz CT molecular complexity index is 598. The Morgan fingerprint density at radius 2 is 1.68 bits per heavy atom. The van der Waals surface area contributed by atoms with Crippen LogP contribution in [0, 0.1) is 0 Å². The molecule has 1 fully saturated rings. The van der Waals surface area contributed by atoms with Gasteiger partial charge in [-0.25, -0.2) is 0 Å². The molecule has 1 aliphatic rings. The first kappa shape index (κ1) is 16.8. The van der Waals surface area contributed by atoms with E-state index in [4.69, 9.17) is 0 Å². The van der Waals surface area contributed by atoms with Crippen molar-refractivity contribution in [2.75, 3.05) is 7.05 Å². The quantitative estimate of drug-likeness (QED) is 0.462. The molecule has 2 unspecified atom stereocenters. The summed E-state index contributed by atoms with van der Waals surface area (Å²) in [6.07, 6.45) is 1.18. The molecule has 2 N–H and O–H groups in total. The average molecular weight is 407 g/mol. The number of nitrogens with one attached hydrogen (secondary N) is 2. The molecule has 0 spiro atoms. The molecule has 4 heteroatoms. The van der Waals surface area contributed by atoms with Gasteiger partial charge in [0.15, 0.2) is 5.96 Å². The van der Waals surface area contributed by atoms with Gasteiger partial charge in [-0.15, -0.1) is 24.0 Å². The molecule has 0 aliphatic heterocycles. The minimum atomic E-state index is 0. The van der Waals surface area contributed by atoms with E-state index in [2.05, 4.69) is 70.2 Å². The van der Waals surface area contributed by atoms with E-state index in [0.717, 1.165) is 12.5 Å². The number of halogens is 1. The van der Waals surface area contributed by atoms with Gasteiger partial charge in [-0.2, -0.15) is 0 Å². The first-order valence-electron chi connectivity index (χ1n) is 7.43. The van der Waals surface area contributed by atoms with Crippen molar-refractivity contribution in [1.29, 1.82) is 0 Å². The van der Waals surface area contributed by atoms with E-state index < -0.39 is 0 Å². The Kier molecular flexibility index (Phi) is 6.24. The Labute approximate surface area is 149 Å². The summed E-state index contributed by atoms with van der Waals surface area (Å²) < 4.78 is 0. The molecule has 0 aromatic heterocycles. The van der Waals surface area contributed by atoms with E-state index in [-0.39, 0.29) is 24.0 Å². The van der Waals surface area contributed by atoms with Gasteiger partial charge >= 0.3 is 0 Å². The van der Waals surface area contributed by atoms with Crippen LogP contribution >= 0.6 is 24.0 Å². The lowest BCUT2D eigenvalue weighted by molar-refractivity contribution is 0.790. The first-order valence-corrected chi connectivity index (χ1v) is 7.43. The van der Waals surface area contributed by atoms with E-state index >= 15 is 0 Å². The molecule has 2 aromatic carbocycles. The second kappa shape index (κ2) is 8.17. The largest absolute Gasteiger partial charge is 0.353 e. The number of nitrogens with zero attached hydrogens (tertiary/aromatic N) is 1. The van der Waals surface area contributed by atoms with Crippen LogP contribution in [0.15, 0.2) is 65.7 Å². The molecule has 116 valence electrons. The summed E-state index contributed by atoms with van der Waals surface area (Å²) in [5.41, 5.74) is 2.67. The minimum Gasteiger partial charge on any atom is -0.353 e. The number of benzene rings is 2. The number of aliphatic imine (C=N–C) groups is 1. The summed E-state index contributed by atoms with van der Waals surface area (Å²) in [5.74, 6) is 1.49. The monoisotopic (exact) mass is 407 g/mol. The molecule has 1 aliphatic carbocycles. The maximum atomic E-state index is 4.31. The highest BCUT2D eigenvalue weighted by molar-refractivity contribution is 14.0. The fraction of sp³-hybridized carbons (Fsp3) is 0.278. The van der Waals surface area contributed by atoms with Crippen molar-refractivity contribution in [2.45, 2.75) is 24.9 Å². The smallest absolute Gasteiger partial charge is 0.191 e. The molecule has 1 saturated carbocycles. The third-order valence-corrected chi connectivity index (χ3v) is 3.87. The zero-order valence-electron chi connectivity index (χ0n) is 12.7. The zero-order valence-corrected chi connectivity index (χ0v) is 15.0. The Morgan fingerprint density at radius 1 is 1.05 bits per heavy atom. The summed E-state index contributed by atoms with van der Waals surface area (Å²) in [5, 5.41) is 6.87. The average Bonchev–Trinajstić information content (AvgIpc) is 3.32. The van der Waals surface area contributed by atoms with Crippen molar-refractivity contribution in [3.05, 3.63) is 71.8 Å². The van der Waals surface area contributed by atoms with Gasteiger partial charge in [-0.05, 0) is 17.5 Å². The second-order valence-electron chi connectivity index (χ2n) is 5.42. The maximum absolute atomic E-state index is 4.31. The normalized spacial score (nSPS) is 20.0.